The van der Waals surface area contributed by atoms with Gasteiger partial charge in [-0.15, -0.1) is 15.0 Å². The summed E-state index contributed by atoms with van der Waals surface area (Å²) in [5, 5.41) is 11.8. The lowest BCUT2D eigenvalue weighted by atomic mass is 10.3. The number of aromatic nitrogens is 4. The van der Waals surface area contributed by atoms with Gasteiger partial charge in [0.15, 0.2) is 5.82 Å². The Kier molecular flexibility index (Phi) is 3.20. The summed E-state index contributed by atoms with van der Waals surface area (Å²) in [6.45, 7) is 0.251. The Morgan fingerprint density at radius 1 is 1.18 bits per heavy atom. The first-order valence-corrected chi connectivity index (χ1v) is 4.99. The molecule has 2 N–H and O–H groups in total. The molecule has 0 radical (unpaired) electrons. The molecule has 1 aromatic carbocycles. The highest BCUT2D eigenvalue weighted by Gasteiger charge is 2.07. The topological polar surface area (TPSA) is 88.1 Å². The van der Waals surface area contributed by atoms with E-state index in [4.69, 9.17) is 15.2 Å². The maximum absolute atomic E-state index is 5.43. The zero-order valence-corrected chi connectivity index (χ0v) is 9.62. The molecule has 0 saturated carbocycles. The van der Waals surface area contributed by atoms with Crippen LogP contribution in [-0.4, -0.2) is 34.4 Å². The summed E-state index contributed by atoms with van der Waals surface area (Å²) in [7, 11) is 3.16. The third kappa shape index (κ3) is 2.34. The van der Waals surface area contributed by atoms with Crippen molar-refractivity contribution in [3.8, 4) is 17.2 Å². The van der Waals surface area contributed by atoms with Gasteiger partial charge in [-0.1, -0.05) is 0 Å². The van der Waals surface area contributed by atoms with Gasteiger partial charge in [-0.25, -0.2) is 0 Å². The lowest BCUT2D eigenvalue weighted by Gasteiger charge is -2.06. The van der Waals surface area contributed by atoms with Gasteiger partial charge in [0.25, 0.3) is 0 Å². The van der Waals surface area contributed by atoms with Crippen LogP contribution in [-0.2, 0) is 6.54 Å². The second-order valence-electron chi connectivity index (χ2n) is 3.27. The van der Waals surface area contributed by atoms with Gasteiger partial charge in [-0.3, -0.25) is 0 Å². The summed E-state index contributed by atoms with van der Waals surface area (Å²) in [6.07, 6.45) is 0. The van der Waals surface area contributed by atoms with Crippen molar-refractivity contribution in [2.45, 2.75) is 6.54 Å². The molecule has 0 aliphatic rings. The number of tetrazole rings is 1. The van der Waals surface area contributed by atoms with E-state index in [-0.39, 0.29) is 6.54 Å². The van der Waals surface area contributed by atoms with E-state index in [1.165, 1.54) is 4.80 Å². The van der Waals surface area contributed by atoms with E-state index in [9.17, 15) is 0 Å². The summed E-state index contributed by atoms with van der Waals surface area (Å²) >= 11 is 0. The van der Waals surface area contributed by atoms with Gasteiger partial charge in [-0.2, -0.15) is 0 Å². The maximum atomic E-state index is 5.43. The zero-order chi connectivity index (χ0) is 12.3. The molecule has 0 spiro atoms. The fraction of sp³-hybridized carbons (Fsp3) is 0.300. The van der Waals surface area contributed by atoms with Gasteiger partial charge < -0.3 is 15.2 Å². The second-order valence-corrected chi connectivity index (χ2v) is 3.27. The Hall–Kier alpha value is -2.15. The van der Waals surface area contributed by atoms with Gasteiger partial charge in [0.1, 0.15) is 11.5 Å². The molecule has 0 unspecified atom stereocenters. The quantitative estimate of drug-likeness (QED) is 0.810. The van der Waals surface area contributed by atoms with Crippen molar-refractivity contribution >= 4 is 0 Å². The van der Waals surface area contributed by atoms with Gasteiger partial charge in [0, 0.05) is 18.2 Å². The van der Waals surface area contributed by atoms with Gasteiger partial charge >= 0.3 is 0 Å². The first-order chi connectivity index (χ1) is 8.26. The smallest absolute Gasteiger partial charge is 0.188 e. The van der Waals surface area contributed by atoms with E-state index >= 15 is 0 Å². The van der Waals surface area contributed by atoms with Gasteiger partial charge in [-0.05, 0) is 5.21 Å². The van der Waals surface area contributed by atoms with Crippen LogP contribution in [0.15, 0.2) is 18.2 Å². The van der Waals surface area contributed by atoms with Crippen LogP contribution in [0.3, 0.4) is 0 Å². The highest BCUT2D eigenvalue weighted by Crippen LogP contribution is 2.23. The molecule has 0 aliphatic carbocycles. The van der Waals surface area contributed by atoms with Crippen LogP contribution in [0.1, 0.15) is 5.82 Å². The van der Waals surface area contributed by atoms with E-state index in [1.54, 1.807) is 32.4 Å². The lowest BCUT2D eigenvalue weighted by molar-refractivity contribution is 0.393. The van der Waals surface area contributed by atoms with Crippen LogP contribution in [0, 0.1) is 0 Å². The Bertz CT molecular complexity index is 489. The minimum atomic E-state index is 0.251. The van der Waals surface area contributed by atoms with Crippen LogP contribution < -0.4 is 15.2 Å². The first kappa shape index (κ1) is 11.3. The van der Waals surface area contributed by atoms with Crippen LogP contribution >= 0.6 is 0 Å². The summed E-state index contributed by atoms with van der Waals surface area (Å²) in [5.41, 5.74) is 6.13. The molecule has 7 heteroatoms. The number of benzene rings is 1. The number of rotatable bonds is 4. The van der Waals surface area contributed by atoms with E-state index in [2.05, 4.69) is 15.4 Å². The van der Waals surface area contributed by atoms with Gasteiger partial charge in [0.05, 0.1) is 26.5 Å². The molecule has 17 heavy (non-hydrogen) atoms. The molecular weight excluding hydrogens is 222 g/mol. The predicted molar refractivity (Wildman–Crippen MR) is 60.1 cm³/mol. The number of methoxy groups -OCH3 is 2. The number of nitrogens with two attached hydrogens (primary N) is 1. The summed E-state index contributed by atoms with van der Waals surface area (Å²) < 4.78 is 10.3. The molecule has 1 aromatic heterocycles. The summed E-state index contributed by atoms with van der Waals surface area (Å²) in [5.74, 6) is 1.80. The molecule has 2 aromatic rings. The molecule has 0 amide bonds. The van der Waals surface area contributed by atoms with E-state index in [1.807, 2.05) is 0 Å². The Balaban J connectivity index is 2.43. The lowest BCUT2D eigenvalue weighted by Crippen LogP contribution is -2.02. The molecule has 90 valence electrons. The molecule has 0 fully saturated rings. The number of nitrogens with zero attached hydrogens (tertiary/aromatic N) is 4. The van der Waals surface area contributed by atoms with Crippen molar-refractivity contribution < 1.29 is 9.47 Å². The number of hydrogen-bond acceptors (Lipinski definition) is 6. The molecule has 7 nitrogen and oxygen atoms in total. The Morgan fingerprint density at radius 2 is 1.82 bits per heavy atom. The van der Waals surface area contributed by atoms with Crippen molar-refractivity contribution in [1.29, 1.82) is 0 Å². The molecule has 0 saturated heterocycles. The van der Waals surface area contributed by atoms with Crippen LogP contribution in [0.4, 0.5) is 0 Å². The fourth-order valence-electron chi connectivity index (χ4n) is 1.34. The standard InChI is InChI=1S/C10H13N5O2/c1-16-8-3-7(4-9(5-8)17-2)15-13-10(6-11)12-14-15/h3-5H,6,11H2,1-2H3. The number of ether oxygens (including phenoxy) is 2. The van der Waals surface area contributed by atoms with E-state index in [0.29, 0.717) is 23.0 Å². The SMILES string of the molecule is COc1cc(OC)cc(-n2nnc(CN)n2)c1. The van der Waals surface area contributed by atoms with Crippen molar-refractivity contribution in [2.24, 2.45) is 5.73 Å². The van der Waals surface area contributed by atoms with Crippen LogP contribution in [0.25, 0.3) is 5.69 Å². The first-order valence-electron chi connectivity index (χ1n) is 4.99. The van der Waals surface area contributed by atoms with Crippen molar-refractivity contribution in [2.75, 3.05) is 14.2 Å². The minimum Gasteiger partial charge on any atom is -0.497 e. The Labute approximate surface area is 98.1 Å². The third-order valence-corrected chi connectivity index (χ3v) is 2.20. The highest BCUT2D eigenvalue weighted by atomic mass is 16.5. The van der Waals surface area contributed by atoms with Crippen molar-refractivity contribution in [3.63, 3.8) is 0 Å². The normalized spacial score (nSPS) is 10.3. The molecule has 0 atom stereocenters. The molecular formula is C10H13N5O2. The van der Waals surface area contributed by atoms with Crippen molar-refractivity contribution in [3.05, 3.63) is 24.0 Å². The zero-order valence-electron chi connectivity index (χ0n) is 9.62. The molecule has 0 aliphatic heterocycles. The van der Waals surface area contributed by atoms with E-state index in [0.717, 1.165) is 0 Å². The summed E-state index contributed by atoms with van der Waals surface area (Å²) in [4.78, 5) is 1.38. The molecule has 2 rings (SSSR count). The second kappa shape index (κ2) is 4.79. The summed E-state index contributed by atoms with van der Waals surface area (Å²) in [6, 6.07) is 5.33. The van der Waals surface area contributed by atoms with E-state index < -0.39 is 0 Å². The minimum absolute atomic E-state index is 0.251. The van der Waals surface area contributed by atoms with Crippen molar-refractivity contribution in [1.82, 2.24) is 20.2 Å². The third-order valence-electron chi connectivity index (χ3n) is 2.20. The van der Waals surface area contributed by atoms with Gasteiger partial charge in [0.2, 0.25) is 0 Å². The highest BCUT2D eigenvalue weighted by molar-refractivity contribution is 5.45. The number of hydrogen-bond donors (Lipinski definition) is 1. The van der Waals surface area contributed by atoms with Crippen LogP contribution in [0.5, 0.6) is 11.5 Å². The fourth-order valence-corrected chi connectivity index (χ4v) is 1.34. The van der Waals surface area contributed by atoms with Crippen LogP contribution in [0.2, 0.25) is 0 Å². The largest absolute Gasteiger partial charge is 0.497 e. The predicted octanol–water partition coefficient (Wildman–Crippen LogP) is 0.138. The molecule has 1 heterocycles. The maximum Gasteiger partial charge on any atom is 0.188 e. The Morgan fingerprint density at radius 3 is 2.29 bits per heavy atom. The average Bonchev–Trinajstić information content (AvgIpc) is 2.86. The average molecular weight is 235 g/mol. The molecule has 0 bridgehead atoms. The monoisotopic (exact) mass is 235 g/mol.